The maximum Gasteiger partial charge on any atom is 0.144 e. The molecule has 13 heavy (non-hydrogen) atoms. The Morgan fingerprint density at radius 1 is 1.62 bits per heavy atom. The van der Waals surface area contributed by atoms with Crippen LogP contribution in [0.1, 0.15) is 17.7 Å². The number of halogens is 1. The van der Waals surface area contributed by atoms with Crippen molar-refractivity contribution in [3.63, 3.8) is 0 Å². The van der Waals surface area contributed by atoms with Gasteiger partial charge in [0.2, 0.25) is 0 Å². The van der Waals surface area contributed by atoms with Gasteiger partial charge in [-0.2, -0.15) is 0 Å². The molecule has 0 amide bonds. The van der Waals surface area contributed by atoms with E-state index in [9.17, 15) is 4.39 Å². The number of hydrogen-bond donors (Lipinski definition) is 1. The second-order valence-electron chi connectivity index (χ2n) is 2.59. The summed E-state index contributed by atoms with van der Waals surface area (Å²) in [5.74, 6) is 5.11. The van der Waals surface area contributed by atoms with E-state index in [1.54, 1.807) is 13.0 Å². The van der Waals surface area contributed by atoms with E-state index < -0.39 is 0 Å². The maximum atomic E-state index is 12.7. The van der Waals surface area contributed by atoms with Crippen LogP contribution in [0.4, 0.5) is 4.39 Å². The van der Waals surface area contributed by atoms with Crippen molar-refractivity contribution in [2.75, 3.05) is 6.61 Å². The Bertz CT molecular complexity index is 352. The summed E-state index contributed by atoms with van der Waals surface area (Å²) in [5, 5.41) is 8.46. The van der Waals surface area contributed by atoms with E-state index in [1.807, 2.05) is 0 Å². The first-order valence-electron chi connectivity index (χ1n) is 3.96. The molecular formula is C10H10FNO. The van der Waals surface area contributed by atoms with Crippen molar-refractivity contribution in [3.8, 4) is 11.8 Å². The minimum atomic E-state index is -0.326. The molecule has 3 heteroatoms. The molecule has 1 aromatic rings. The summed E-state index contributed by atoms with van der Waals surface area (Å²) in [5.41, 5.74) is 1.07. The lowest BCUT2D eigenvalue weighted by atomic mass is 10.2. The molecule has 0 aliphatic rings. The van der Waals surface area contributed by atoms with Crippen LogP contribution in [0.5, 0.6) is 0 Å². The Hall–Kier alpha value is -1.40. The van der Waals surface area contributed by atoms with E-state index >= 15 is 0 Å². The van der Waals surface area contributed by atoms with Crippen LogP contribution in [-0.4, -0.2) is 16.7 Å². The second kappa shape index (κ2) is 4.58. The van der Waals surface area contributed by atoms with Gasteiger partial charge in [-0.1, -0.05) is 5.92 Å². The van der Waals surface area contributed by atoms with Gasteiger partial charge < -0.3 is 5.11 Å². The van der Waals surface area contributed by atoms with E-state index in [-0.39, 0.29) is 12.4 Å². The quantitative estimate of drug-likeness (QED) is 0.658. The monoisotopic (exact) mass is 179 g/mol. The third kappa shape index (κ3) is 2.85. The largest absolute Gasteiger partial charge is 0.395 e. The van der Waals surface area contributed by atoms with Gasteiger partial charge in [0.25, 0.3) is 0 Å². The lowest BCUT2D eigenvalue weighted by Crippen LogP contribution is -1.88. The molecule has 0 radical (unpaired) electrons. The zero-order chi connectivity index (χ0) is 9.68. The van der Waals surface area contributed by atoms with Crippen LogP contribution in [0.25, 0.3) is 0 Å². The first-order chi connectivity index (χ1) is 6.24. The fourth-order valence-corrected chi connectivity index (χ4v) is 0.817. The van der Waals surface area contributed by atoms with Gasteiger partial charge in [0.1, 0.15) is 11.5 Å². The molecule has 0 aliphatic carbocycles. The molecule has 0 aliphatic heterocycles. The summed E-state index contributed by atoms with van der Waals surface area (Å²) in [6.07, 6.45) is 1.57. The van der Waals surface area contributed by atoms with Gasteiger partial charge >= 0.3 is 0 Å². The van der Waals surface area contributed by atoms with Crippen molar-refractivity contribution in [1.29, 1.82) is 0 Å². The van der Waals surface area contributed by atoms with Gasteiger partial charge in [-0.3, -0.25) is 0 Å². The predicted molar refractivity (Wildman–Crippen MR) is 47.5 cm³/mol. The summed E-state index contributed by atoms with van der Waals surface area (Å²) >= 11 is 0. The minimum Gasteiger partial charge on any atom is -0.395 e. The lowest BCUT2D eigenvalue weighted by molar-refractivity contribution is 0.305. The Kier molecular flexibility index (Phi) is 3.41. The molecule has 0 fully saturated rings. The van der Waals surface area contributed by atoms with Gasteiger partial charge in [0.05, 0.1) is 12.8 Å². The Balaban J connectivity index is 2.81. The summed E-state index contributed by atoms with van der Waals surface area (Å²) in [7, 11) is 0. The van der Waals surface area contributed by atoms with E-state index in [1.165, 1.54) is 0 Å². The zero-order valence-electron chi connectivity index (χ0n) is 7.34. The number of aliphatic hydroxyl groups is 1. The van der Waals surface area contributed by atoms with Crippen LogP contribution < -0.4 is 0 Å². The number of nitrogens with zero attached hydrogens (tertiary/aromatic N) is 1. The van der Waals surface area contributed by atoms with Gasteiger partial charge in [-0.05, 0) is 24.5 Å². The van der Waals surface area contributed by atoms with Crippen molar-refractivity contribution in [2.45, 2.75) is 13.3 Å². The van der Waals surface area contributed by atoms with Crippen molar-refractivity contribution in [1.82, 2.24) is 4.98 Å². The molecule has 0 saturated heterocycles. The highest BCUT2D eigenvalue weighted by atomic mass is 19.1. The van der Waals surface area contributed by atoms with Gasteiger partial charge in [-0.25, -0.2) is 9.37 Å². The van der Waals surface area contributed by atoms with E-state index in [0.717, 1.165) is 6.20 Å². The Labute approximate surface area is 76.4 Å². The van der Waals surface area contributed by atoms with E-state index in [2.05, 4.69) is 16.8 Å². The molecule has 0 saturated carbocycles. The molecule has 0 aromatic carbocycles. The van der Waals surface area contributed by atoms with Crippen molar-refractivity contribution in [3.05, 3.63) is 29.3 Å². The second-order valence-corrected chi connectivity index (χ2v) is 2.59. The van der Waals surface area contributed by atoms with Crippen LogP contribution in [0.3, 0.4) is 0 Å². The van der Waals surface area contributed by atoms with Crippen molar-refractivity contribution < 1.29 is 9.50 Å². The standard InChI is InChI=1S/C10H10FNO/c1-8-6-9(4-2-3-5-13)12-7-10(8)11/h6-7,13H,3,5H2,1H3. The molecule has 1 rings (SSSR count). The molecule has 0 spiro atoms. The number of aliphatic hydroxyl groups excluding tert-OH is 1. The van der Waals surface area contributed by atoms with Crippen LogP contribution in [0.2, 0.25) is 0 Å². The first kappa shape index (κ1) is 9.69. The number of rotatable bonds is 1. The molecule has 2 nitrogen and oxygen atoms in total. The fourth-order valence-electron chi connectivity index (χ4n) is 0.817. The Morgan fingerprint density at radius 3 is 3.00 bits per heavy atom. The molecule has 0 bridgehead atoms. The highest BCUT2D eigenvalue weighted by Gasteiger charge is 1.96. The highest BCUT2D eigenvalue weighted by molar-refractivity contribution is 5.30. The molecule has 1 aromatic heterocycles. The van der Waals surface area contributed by atoms with Gasteiger partial charge in [-0.15, -0.1) is 0 Å². The van der Waals surface area contributed by atoms with E-state index in [4.69, 9.17) is 5.11 Å². The van der Waals surface area contributed by atoms with Crippen LogP contribution in [0, 0.1) is 24.6 Å². The molecule has 1 heterocycles. The average molecular weight is 179 g/mol. The van der Waals surface area contributed by atoms with Crippen molar-refractivity contribution >= 4 is 0 Å². The summed E-state index contributed by atoms with van der Waals surface area (Å²) < 4.78 is 12.7. The fraction of sp³-hybridized carbons (Fsp3) is 0.300. The molecule has 68 valence electrons. The molecule has 1 N–H and O–H groups in total. The molecule has 0 unspecified atom stereocenters. The number of aromatic nitrogens is 1. The lowest BCUT2D eigenvalue weighted by Gasteiger charge is -1.94. The normalized spacial score (nSPS) is 9.15. The third-order valence-electron chi connectivity index (χ3n) is 1.50. The summed E-state index contributed by atoms with van der Waals surface area (Å²) in [4.78, 5) is 3.78. The maximum absolute atomic E-state index is 12.7. The van der Waals surface area contributed by atoms with Crippen LogP contribution >= 0.6 is 0 Å². The van der Waals surface area contributed by atoms with Crippen molar-refractivity contribution in [2.24, 2.45) is 0 Å². The average Bonchev–Trinajstić information content (AvgIpc) is 2.12. The molecule has 0 atom stereocenters. The number of pyridine rings is 1. The smallest absolute Gasteiger partial charge is 0.144 e. The van der Waals surface area contributed by atoms with Crippen LogP contribution in [-0.2, 0) is 0 Å². The minimum absolute atomic E-state index is 0.0349. The Morgan fingerprint density at radius 2 is 2.38 bits per heavy atom. The number of hydrogen-bond acceptors (Lipinski definition) is 2. The SMILES string of the molecule is Cc1cc(C#CCCO)ncc1F. The van der Waals surface area contributed by atoms with Gasteiger partial charge in [0.15, 0.2) is 0 Å². The van der Waals surface area contributed by atoms with Gasteiger partial charge in [0, 0.05) is 6.42 Å². The summed E-state index contributed by atoms with van der Waals surface area (Å²) in [6.45, 7) is 1.70. The van der Waals surface area contributed by atoms with E-state index in [0.29, 0.717) is 17.7 Å². The third-order valence-corrected chi connectivity index (χ3v) is 1.50. The predicted octanol–water partition coefficient (Wildman–Crippen LogP) is 1.26. The summed E-state index contributed by atoms with van der Waals surface area (Å²) in [6, 6.07) is 1.58. The van der Waals surface area contributed by atoms with Crippen LogP contribution in [0.15, 0.2) is 12.3 Å². The first-order valence-corrected chi connectivity index (χ1v) is 3.96. The number of aryl methyl sites for hydroxylation is 1. The topological polar surface area (TPSA) is 33.1 Å². The highest BCUT2D eigenvalue weighted by Crippen LogP contribution is 2.04. The molecular weight excluding hydrogens is 169 g/mol. The zero-order valence-corrected chi connectivity index (χ0v) is 7.34.